The lowest BCUT2D eigenvalue weighted by Gasteiger charge is -2.60. The molecule has 1 nitrogen and oxygen atoms in total. The third-order valence-electron chi connectivity index (χ3n) is 8.54. The number of rotatable bonds is 5. The molecule has 164 valence electrons. The molecule has 0 unspecified atom stereocenters. The molecule has 4 fully saturated rings. The Hall–Kier alpha value is -2.11. The lowest BCUT2D eigenvalue weighted by Crippen LogP contribution is -2.59. The Bertz CT molecular complexity index is 1020. The first-order valence-electron chi connectivity index (χ1n) is 12.4. The van der Waals surface area contributed by atoms with E-state index in [-0.39, 0.29) is 0 Å². The van der Waals surface area contributed by atoms with Crippen LogP contribution in [0.25, 0.3) is 0 Å². The molecule has 0 aliphatic heterocycles. The number of hydrogen-bond acceptors (Lipinski definition) is 1. The van der Waals surface area contributed by atoms with Gasteiger partial charge in [-0.1, -0.05) is 78.9 Å². The second-order valence-electron chi connectivity index (χ2n) is 10.7. The summed E-state index contributed by atoms with van der Waals surface area (Å²) in [5, 5.41) is 4.41. The fourth-order valence-corrected chi connectivity index (χ4v) is 10.1. The van der Waals surface area contributed by atoms with E-state index in [1.807, 2.05) is 0 Å². The molecule has 3 aromatic rings. The molecule has 4 aliphatic rings. The zero-order valence-electron chi connectivity index (χ0n) is 19.4. The lowest BCUT2D eigenvalue weighted by atomic mass is 9.52. The topological polar surface area (TPSA) is 3.24 Å². The highest BCUT2D eigenvalue weighted by Crippen LogP contribution is 2.58. The summed E-state index contributed by atoms with van der Waals surface area (Å²) in [6.45, 7) is 2.33. The van der Waals surface area contributed by atoms with E-state index in [1.54, 1.807) is 0 Å². The molecule has 0 heterocycles. The summed E-state index contributed by atoms with van der Waals surface area (Å²) in [6, 6.07) is 29.4. The Morgan fingerprint density at radius 3 is 1.69 bits per heavy atom. The van der Waals surface area contributed by atoms with Crippen LogP contribution in [-0.4, -0.2) is 12.6 Å². The minimum Gasteiger partial charge on any atom is -0.368 e. The summed E-state index contributed by atoms with van der Waals surface area (Å²) < 4.78 is 0. The maximum Gasteiger partial charge on any atom is 0.0482 e. The van der Waals surface area contributed by atoms with Gasteiger partial charge >= 0.3 is 0 Å². The fourth-order valence-electron chi connectivity index (χ4n) is 7.55. The van der Waals surface area contributed by atoms with Crippen molar-refractivity contribution in [2.75, 3.05) is 11.9 Å². The van der Waals surface area contributed by atoms with Crippen LogP contribution in [0, 0.1) is 24.7 Å². The van der Waals surface area contributed by atoms with Crippen LogP contribution in [0.2, 0.25) is 0 Å². The number of para-hydroxylation sites is 1. The smallest absolute Gasteiger partial charge is 0.0482 e. The van der Waals surface area contributed by atoms with Gasteiger partial charge in [-0.2, -0.15) is 0 Å². The highest BCUT2D eigenvalue weighted by atomic mass is 31.1. The van der Waals surface area contributed by atoms with Crippen molar-refractivity contribution in [3.05, 3.63) is 84.4 Å². The molecule has 2 heteroatoms. The van der Waals surface area contributed by atoms with Crippen molar-refractivity contribution in [2.24, 2.45) is 17.8 Å². The minimum atomic E-state index is -0.598. The van der Waals surface area contributed by atoms with Gasteiger partial charge in [-0.05, 0) is 87.3 Å². The molecule has 4 aliphatic carbocycles. The molecule has 0 saturated heterocycles. The molecule has 0 atom stereocenters. The van der Waals surface area contributed by atoms with Gasteiger partial charge in [0, 0.05) is 23.6 Å². The first-order chi connectivity index (χ1) is 15.6. The number of nitrogens with zero attached hydrogens (tertiary/aromatic N) is 1. The number of aryl methyl sites for hydroxylation is 1. The average molecular weight is 440 g/mol. The van der Waals surface area contributed by atoms with Gasteiger partial charge < -0.3 is 4.90 Å². The molecular formula is C30H34NP. The molecule has 0 aromatic heterocycles. The molecule has 0 radical (unpaired) electrons. The molecule has 0 amide bonds. The zero-order valence-corrected chi connectivity index (χ0v) is 20.3. The molecule has 0 spiro atoms. The van der Waals surface area contributed by atoms with Gasteiger partial charge in [-0.3, -0.25) is 0 Å². The van der Waals surface area contributed by atoms with Crippen LogP contribution in [0.4, 0.5) is 5.69 Å². The second kappa shape index (κ2) is 8.03. The van der Waals surface area contributed by atoms with Gasteiger partial charge in [0.1, 0.15) is 0 Å². The highest BCUT2D eigenvalue weighted by molar-refractivity contribution is 7.80. The lowest BCUT2D eigenvalue weighted by molar-refractivity contribution is -0.00198. The van der Waals surface area contributed by atoms with Crippen LogP contribution in [0.1, 0.15) is 44.1 Å². The van der Waals surface area contributed by atoms with E-state index in [0.29, 0.717) is 5.54 Å². The largest absolute Gasteiger partial charge is 0.368 e. The van der Waals surface area contributed by atoms with Crippen LogP contribution in [-0.2, 0) is 0 Å². The fraction of sp³-hybridized carbons (Fsp3) is 0.400. The monoisotopic (exact) mass is 439 g/mol. The predicted molar refractivity (Wildman–Crippen MR) is 139 cm³/mol. The van der Waals surface area contributed by atoms with Crippen molar-refractivity contribution in [2.45, 2.75) is 51.0 Å². The van der Waals surface area contributed by atoms with Crippen LogP contribution in [0.5, 0.6) is 0 Å². The van der Waals surface area contributed by atoms with Gasteiger partial charge in [0.15, 0.2) is 0 Å². The van der Waals surface area contributed by atoms with E-state index in [9.17, 15) is 0 Å². The summed E-state index contributed by atoms with van der Waals surface area (Å²) in [6.07, 6.45) is 8.69. The van der Waals surface area contributed by atoms with Crippen LogP contribution < -0.4 is 20.8 Å². The maximum atomic E-state index is 2.78. The van der Waals surface area contributed by atoms with E-state index < -0.39 is 7.92 Å². The molecule has 4 bridgehead atoms. The Kier molecular flexibility index (Phi) is 5.14. The molecule has 0 N–H and O–H groups in total. The minimum absolute atomic E-state index is 0.365. The zero-order chi connectivity index (χ0) is 21.7. The van der Waals surface area contributed by atoms with E-state index in [1.165, 1.54) is 65.7 Å². The summed E-state index contributed by atoms with van der Waals surface area (Å²) in [5.41, 5.74) is 3.30. The van der Waals surface area contributed by atoms with Crippen LogP contribution >= 0.6 is 7.92 Å². The third-order valence-corrected chi connectivity index (χ3v) is 11.0. The van der Waals surface area contributed by atoms with E-state index in [2.05, 4.69) is 97.7 Å². The Morgan fingerprint density at radius 1 is 0.688 bits per heavy atom. The van der Waals surface area contributed by atoms with Crippen molar-refractivity contribution < 1.29 is 0 Å². The van der Waals surface area contributed by atoms with Gasteiger partial charge in [0.2, 0.25) is 0 Å². The van der Waals surface area contributed by atoms with Crippen LogP contribution in [0.15, 0.2) is 78.9 Å². The van der Waals surface area contributed by atoms with Crippen molar-refractivity contribution in [1.82, 2.24) is 0 Å². The highest BCUT2D eigenvalue weighted by Gasteiger charge is 2.53. The van der Waals surface area contributed by atoms with Crippen LogP contribution in [0.3, 0.4) is 0 Å². The third kappa shape index (κ3) is 3.41. The van der Waals surface area contributed by atoms with Crippen molar-refractivity contribution in [1.29, 1.82) is 0 Å². The maximum absolute atomic E-state index is 2.78. The number of anilines is 1. The number of benzene rings is 3. The average Bonchev–Trinajstić information content (AvgIpc) is 2.80. The SMILES string of the molecule is Cc1cccc(P(c2ccccc2)c2ccccc2)c1N(C)C12CC3CC(CC(C3)C1)C2. The Labute approximate surface area is 194 Å². The Balaban J connectivity index is 1.49. The van der Waals surface area contributed by atoms with Gasteiger partial charge in [0.05, 0.1) is 0 Å². The molecular weight excluding hydrogens is 405 g/mol. The Morgan fingerprint density at radius 2 is 1.19 bits per heavy atom. The second-order valence-corrected chi connectivity index (χ2v) is 12.8. The quantitative estimate of drug-likeness (QED) is 0.431. The summed E-state index contributed by atoms with van der Waals surface area (Å²) in [5.74, 6) is 2.88. The normalized spacial score (nSPS) is 28.3. The molecule has 32 heavy (non-hydrogen) atoms. The predicted octanol–water partition coefficient (Wildman–Crippen LogP) is 6.16. The van der Waals surface area contributed by atoms with Crippen molar-refractivity contribution in [3.8, 4) is 0 Å². The van der Waals surface area contributed by atoms with Gasteiger partial charge in [-0.25, -0.2) is 0 Å². The summed E-state index contributed by atoms with van der Waals surface area (Å²) in [4.78, 5) is 2.78. The summed E-state index contributed by atoms with van der Waals surface area (Å²) >= 11 is 0. The standard InChI is InChI=1S/C30H34NP/c1-22-10-9-15-28(32(26-11-5-3-6-12-26)27-13-7-4-8-14-27)29(22)31(2)30-19-23-16-24(20-30)18-25(17-23)21-30/h3-15,23-25H,16-21H2,1-2H3. The van der Waals surface area contributed by atoms with Crippen molar-refractivity contribution in [3.63, 3.8) is 0 Å². The van der Waals surface area contributed by atoms with E-state index in [4.69, 9.17) is 0 Å². The first-order valence-corrected chi connectivity index (χ1v) is 13.7. The number of hydrogen-bond donors (Lipinski definition) is 0. The van der Waals surface area contributed by atoms with E-state index >= 15 is 0 Å². The van der Waals surface area contributed by atoms with Gasteiger partial charge in [-0.15, -0.1) is 0 Å². The molecule has 4 saturated carbocycles. The first kappa shape index (κ1) is 20.5. The molecule has 7 rings (SSSR count). The van der Waals surface area contributed by atoms with Crippen molar-refractivity contribution >= 4 is 29.5 Å². The molecule has 3 aromatic carbocycles. The van der Waals surface area contributed by atoms with E-state index in [0.717, 1.165) is 17.8 Å². The summed E-state index contributed by atoms with van der Waals surface area (Å²) in [7, 11) is 1.83. The van der Waals surface area contributed by atoms with Gasteiger partial charge in [0.25, 0.3) is 0 Å².